The number of carbonyl (C=O) groups is 2. The van der Waals surface area contributed by atoms with Gasteiger partial charge in [0.2, 0.25) is 0 Å². The molecule has 0 aromatic heterocycles. The summed E-state index contributed by atoms with van der Waals surface area (Å²) in [5.74, 6) is -0.391. The fourth-order valence-corrected chi connectivity index (χ4v) is 5.77. The summed E-state index contributed by atoms with van der Waals surface area (Å²) in [5, 5.41) is 0. The van der Waals surface area contributed by atoms with E-state index in [9.17, 15) is 9.59 Å². The van der Waals surface area contributed by atoms with E-state index in [0.717, 1.165) is 67.8 Å². The highest BCUT2D eigenvalue weighted by Crippen LogP contribution is 2.29. The van der Waals surface area contributed by atoms with Gasteiger partial charge in [-0.25, -0.2) is 9.59 Å². The van der Waals surface area contributed by atoms with Crippen LogP contribution in [0.1, 0.15) is 67.9 Å². The molecule has 3 heterocycles. The van der Waals surface area contributed by atoms with Crippen LogP contribution in [0.25, 0.3) is 0 Å². The standard InChI is InChI=1S/C28H34N2O4/c1-18-20(5-7-22-24(18)15-33-26(22)31)9-11-29-13-14-30(28(3,4)17-29)12-10-21-6-8-23-25(19(21)2)16-34-27(23)32/h5-8H,9-17H2,1-4H3. The van der Waals surface area contributed by atoms with Crippen molar-refractivity contribution in [3.63, 3.8) is 0 Å². The predicted octanol–water partition coefficient (Wildman–Crippen LogP) is 3.83. The molecule has 2 aromatic carbocycles. The molecule has 5 rings (SSSR count). The Kier molecular flexibility index (Phi) is 5.98. The smallest absolute Gasteiger partial charge is 0.338 e. The lowest BCUT2D eigenvalue weighted by Crippen LogP contribution is -2.59. The van der Waals surface area contributed by atoms with E-state index in [4.69, 9.17) is 9.47 Å². The van der Waals surface area contributed by atoms with Crippen LogP contribution in [0.4, 0.5) is 0 Å². The fourth-order valence-electron chi connectivity index (χ4n) is 5.77. The molecular weight excluding hydrogens is 428 g/mol. The third-order valence-corrected chi connectivity index (χ3v) is 8.06. The maximum absolute atomic E-state index is 11.8. The van der Waals surface area contributed by atoms with Crippen LogP contribution in [-0.4, -0.2) is 60.0 Å². The minimum absolute atomic E-state index is 0.0925. The number of hydrogen-bond donors (Lipinski definition) is 0. The van der Waals surface area contributed by atoms with Crippen molar-refractivity contribution in [2.24, 2.45) is 0 Å². The summed E-state index contributed by atoms with van der Waals surface area (Å²) in [7, 11) is 0. The molecule has 0 N–H and O–H groups in total. The van der Waals surface area contributed by atoms with Crippen molar-refractivity contribution in [1.82, 2.24) is 9.80 Å². The van der Waals surface area contributed by atoms with Crippen molar-refractivity contribution >= 4 is 11.9 Å². The minimum Gasteiger partial charge on any atom is -0.457 e. The molecular formula is C28H34N2O4. The molecule has 180 valence electrons. The number of cyclic esters (lactones) is 2. The molecule has 0 aliphatic carbocycles. The first-order chi connectivity index (χ1) is 16.2. The van der Waals surface area contributed by atoms with Gasteiger partial charge < -0.3 is 9.47 Å². The van der Waals surface area contributed by atoms with Gasteiger partial charge in [-0.1, -0.05) is 12.1 Å². The summed E-state index contributed by atoms with van der Waals surface area (Å²) in [4.78, 5) is 28.8. The Morgan fingerprint density at radius 3 is 1.85 bits per heavy atom. The summed E-state index contributed by atoms with van der Waals surface area (Å²) in [6, 6.07) is 8.05. The average Bonchev–Trinajstić information content (AvgIpc) is 3.37. The molecule has 1 fully saturated rings. The molecule has 2 aromatic rings. The van der Waals surface area contributed by atoms with E-state index < -0.39 is 0 Å². The molecule has 34 heavy (non-hydrogen) atoms. The van der Waals surface area contributed by atoms with Crippen molar-refractivity contribution < 1.29 is 19.1 Å². The number of rotatable bonds is 6. The summed E-state index contributed by atoms with van der Waals surface area (Å²) in [6.45, 7) is 14.9. The van der Waals surface area contributed by atoms with Crippen LogP contribution in [0.15, 0.2) is 24.3 Å². The summed E-state index contributed by atoms with van der Waals surface area (Å²) >= 11 is 0. The molecule has 0 atom stereocenters. The maximum Gasteiger partial charge on any atom is 0.338 e. The topological polar surface area (TPSA) is 59.1 Å². The zero-order valence-electron chi connectivity index (χ0n) is 20.7. The number of carbonyl (C=O) groups excluding carboxylic acids is 2. The molecule has 0 radical (unpaired) electrons. The number of piperazine rings is 1. The van der Waals surface area contributed by atoms with Crippen LogP contribution in [0.5, 0.6) is 0 Å². The van der Waals surface area contributed by atoms with Crippen LogP contribution in [0.2, 0.25) is 0 Å². The Morgan fingerprint density at radius 2 is 1.32 bits per heavy atom. The van der Waals surface area contributed by atoms with Gasteiger partial charge in [0.05, 0.1) is 11.1 Å². The van der Waals surface area contributed by atoms with Gasteiger partial charge in [0.15, 0.2) is 0 Å². The molecule has 0 amide bonds. The van der Waals surface area contributed by atoms with Crippen LogP contribution in [0, 0.1) is 13.8 Å². The zero-order valence-corrected chi connectivity index (χ0v) is 20.7. The largest absolute Gasteiger partial charge is 0.457 e. The number of ether oxygens (including phenoxy) is 2. The number of benzene rings is 2. The highest BCUT2D eigenvalue weighted by Gasteiger charge is 2.33. The molecule has 6 nitrogen and oxygen atoms in total. The SMILES string of the molecule is Cc1c(CCN2CCN(CCc3ccc4c(c3C)COC4=O)C(C)(C)C2)ccc2c1COC2=O. The first-order valence-corrected chi connectivity index (χ1v) is 12.3. The summed E-state index contributed by atoms with van der Waals surface area (Å²) in [5.41, 5.74) is 8.71. The Bertz CT molecular complexity index is 1150. The highest BCUT2D eigenvalue weighted by atomic mass is 16.5. The molecule has 6 heteroatoms. The molecule has 3 aliphatic rings. The van der Waals surface area contributed by atoms with Gasteiger partial charge in [-0.2, -0.15) is 0 Å². The second kappa shape index (κ2) is 8.82. The van der Waals surface area contributed by atoms with Gasteiger partial charge in [0.1, 0.15) is 13.2 Å². The van der Waals surface area contributed by atoms with Gasteiger partial charge in [0, 0.05) is 49.4 Å². The number of hydrogen-bond acceptors (Lipinski definition) is 6. The normalized spacial score (nSPS) is 19.6. The lowest BCUT2D eigenvalue weighted by molar-refractivity contribution is 0.0212. The van der Waals surface area contributed by atoms with E-state index in [0.29, 0.717) is 13.2 Å². The van der Waals surface area contributed by atoms with E-state index in [1.54, 1.807) is 0 Å². The Hall–Kier alpha value is -2.70. The van der Waals surface area contributed by atoms with E-state index in [1.165, 1.54) is 22.3 Å². The van der Waals surface area contributed by atoms with Gasteiger partial charge in [0.25, 0.3) is 0 Å². The lowest BCUT2D eigenvalue weighted by Gasteiger charge is -2.47. The molecule has 1 saturated heterocycles. The van der Waals surface area contributed by atoms with Gasteiger partial charge in [-0.05, 0) is 74.9 Å². The van der Waals surface area contributed by atoms with Gasteiger partial charge in [-0.3, -0.25) is 9.80 Å². The number of fused-ring (bicyclic) bond motifs is 2. The second-order valence-corrected chi connectivity index (χ2v) is 10.5. The Morgan fingerprint density at radius 1 is 0.794 bits per heavy atom. The molecule has 0 saturated carbocycles. The van der Waals surface area contributed by atoms with E-state index in [-0.39, 0.29) is 17.5 Å². The lowest BCUT2D eigenvalue weighted by atomic mass is 9.94. The van der Waals surface area contributed by atoms with E-state index in [2.05, 4.69) is 49.6 Å². The molecule has 0 unspecified atom stereocenters. The van der Waals surface area contributed by atoms with Crippen molar-refractivity contribution in [2.45, 2.75) is 59.3 Å². The van der Waals surface area contributed by atoms with Gasteiger partial charge >= 0.3 is 11.9 Å². The van der Waals surface area contributed by atoms with Crippen LogP contribution >= 0.6 is 0 Å². The van der Waals surface area contributed by atoms with E-state index >= 15 is 0 Å². The van der Waals surface area contributed by atoms with Crippen LogP contribution < -0.4 is 0 Å². The molecule has 0 spiro atoms. The third kappa shape index (κ3) is 4.14. The number of esters is 2. The Balaban J connectivity index is 1.18. The monoisotopic (exact) mass is 462 g/mol. The quantitative estimate of drug-likeness (QED) is 0.609. The summed E-state index contributed by atoms with van der Waals surface area (Å²) < 4.78 is 10.4. The number of nitrogens with zero attached hydrogens (tertiary/aromatic N) is 2. The fraction of sp³-hybridized carbons (Fsp3) is 0.500. The van der Waals surface area contributed by atoms with Gasteiger partial charge in [-0.15, -0.1) is 0 Å². The predicted molar refractivity (Wildman–Crippen MR) is 130 cm³/mol. The zero-order chi connectivity index (χ0) is 24.0. The molecule has 0 bridgehead atoms. The maximum atomic E-state index is 11.8. The third-order valence-electron chi connectivity index (χ3n) is 8.06. The first-order valence-electron chi connectivity index (χ1n) is 12.3. The summed E-state index contributed by atoms with van der Waals surface area (Å²) in [6.07, 6.45) is 1.96. The van der Waals surface area contributed by atoms with Crippen molar-refractivity contribution in [2.75, 3.05) is 32.7 Å². The van der Waals surface area contributed by atoms with Crippen molar-refractivity contribution in [1.29, 1.82) is 0 Å². The second-order valence-electron chi connectivity index (χ2n) is 10.5. The van der Waals surface area contributed by atoms with E-state index in [1.807, 2.05) is 12.1 Å². The molecule has 3 aliphatic heterocycles. The van der Waals surface area contributed by atoms with Crippen LogP contribution in [-0.2, 0) is 35.5 Å². The van der Waals surface area contributed by atoms with Crippen molar-refractivity contribution in [3.05, 3.63) is 68.8 Å². The van der Waals surface area contributed by atoms with Crippen LogP contribution in [0.3, 0.4) is 0 Å². The van der Waals surface area contributed by atoms with Crippen molar-refractivity contribution in [3.8, 4) is 0 Å². The highest BCUT2D eigenvalue weighted by molar-refractivity contribution is 5.94. The first kappa shape index (κ1) is 23.1. The minimum atomic E-state index is -0.196. The Labute approximate surface area is 201 Å². The average molecular weight is 463 g/mol.